The number of anilines is 1. The van der Waals surface area contributed by atoms with Gasteiger partial charge in [-0.25, -0.2) is 9.78 Å². The van der Waals surface area contributed by atoms with Gasteiger partial charge in [0.25, 0.3) is 0 Å². The highest BCUT2D eigenvalue weighted by molar-refractivity contribution is 5.89. The molecule has 1 aliphatic rings. The van der Waals surface area contributed by atoms with Gasteiger partial charge in [-0.1, -0.05) is 18.2 Å². The monoisotopic (exact) mass is 430 g/mol. The third-order valence-corrected chi connectivity index (χ3v) is 6.01. The number of carbonyl (C=O) groups excluding carboxylic acids is 1. The molecular formula is C23H25F3N4O. The van der Waals surface area contributed by atoms with Gasteiger partial charge in [-0.15, -0.1) is 0 Å². The zero-order valence-corrected chi connectivity index (χ0v) is 17.5. The molecule has 31 heavy (non-hydrogen) atoms. The lowest BCUT2D eigenvalue weighted by atomic mass is 9.96. The minimum absolute atomic E-state index is 0.0457. The number of aromatic nitrogens is 2. The number of aryl methyl sites for hydroxylation is 2. The lowest BCUT2D eigenvalue weighted by Gasteiger charge is -2.32. The molecule has 0 spiro atoms. The van der Waals surface area contributed by atoms with Gasteiger partial charge < -0.3 is 14.8 Å². The van der Waals surface area contributed by atoms with Crippen molar-refractivity contribution in [3.05, 3.63) is 59.4 Å². The number of nitrogens with zero attached hydrogens (tertiary/aromatic N) is 3. The van der Waals surface area contributed by atoms with Gasteiger partial charge in [-0.3, -0.25) is 0 Å². The maximum absolute atomic E-state index is 13.5. The van der Waals surface area contributed by atoms with Crippen molar-refractivity contribution in [2.75, 3.05) is 18.4 Å². The first-order valence-electron chi connectivity index (χ1n) is 10.4. The van der Waals surface area contributed by atoms with E-state index in [9.17, 15) is 18.0 Å². The molecular weight excluding hydrogens is 405 g/mol. The summed E-state index contributed by atoms with van der Waals surface area (Å²) in [6.45, 7) is 5.26. The molecule has 1 saturated heterocycles. The smallest absolute Gasteiger partial charge is 0.325 e. The van der Waals surface area contributed by atoms with Gasteiger partial charge in [0.15, 0.2) is 0 Å². The summed E-state index contributed by atoms with van der Waals surface area (Å²) in [5.41, 5.74) is 3.84. The molecule has 0 atom stereocenters. The molecule has 1 aromatic heterocycles. The van der Waals surface area contributed by atoms with Gasteiger partial charge in [-0.05, 0) is 68.0 Å². The van der Waals surface area contributed by atoms with Gasteiger partial charge in [0.2, 0.25) is 5.82 Å². The summed E-state index contributed by atoms with van der Waals surface area (Å²) < 4.78 is 41.9. The molecule has 0 bridgehead atoms. The highest BCUT2D eigenvalue weighted by Gasteiger charge is 2.38. The lowest BCUT2D eigenvalue weighted by Crippen LogP contribution is -2.41. The van der Waals surface area contributed by atoms with Crippen molar-refractivity contribution in [2.45, 2.75) is 39.4 Å². The van der Waals surface area contributed by atoms with Crippen LogP contribution in [-0.4, -0.2) is 33.6 Å². The van der Waals surface area contributed by atoms with Crippen LogP contribution >= 0.6 is 0 Å². The Balaban J connectivity index is 1.42. The number of hydrogen-bond donors (Lipinski definition) is 1. The first-order chi connectivity index (χ1) is 14.7. The van der Waals surface area contributed by atoms with Crippen LogP contribution < -0.4 is 5.32 Å². The topological polar surface area (TPSA) is 50.2 Å². The first kappa shape index (κ1) is 21.2. The third kappa shape index (κ3) is 4.52. The molecule has 0 radical (unpaired) electrons. The normalized spacial score (nSPS) is 15.5. The summed E-state index contributed by atoms with van der Waals surface area (Å²) in [7, 11) is 0. The Bertz CT molecular complexity index is 1100. The predicted octanol–water partition coefficient (Wildman–Crippen LogP) is 5.62. The van der Waals surface area contributed by atoms with Gasteiger partial charge in [0.1, 0.15) is 0 Å². The number of alkyl halides is 3. The average Bonchev–Trinajstić information content (AvgIpc) is 3.10. The molecule has 1 N–H and O–H groups in total. The summed E-state index contributed by atoms with van der Waals surface area (Å²) in [6, 6.07) is 12.3. The number of hydrogen-bond acceptors (Lipinski definition) is 2. The Morgan fingerprint density at radius 1 is 1.10 bits per heavy atom. The fraction of sp³-hybridized carbons (Fsp3) is 0.391. The number of carbonyl (C=O) groups is 1. The molecule has 3 aromatic rings. The number of amides is 2. The van der Waals surface area contributed by atoms with E-state index in [2.05, 4.69) is 10.3 Å². The Hall–Kier alpha value is -3.03. The van der Waals surface area contributed by atoms with E-state index in [4.69, 9.17) is 0 Å². The van der Waals surface area contributed by atoms with Crippen LogP contribution in [0, 0.1) is 19.8 Å². The molecule has 1 fully saturated rings. The van der Waals surface area contributed by atoms with Crippen LogP contribution in [-0.2, 0) is 12.7 Å². The quantitative estimate of drug-likeness (QED) is 0.587. The van der Waals surface area contributed by atoms with Crippen molar-refractivity contribution >= 4 is 22.8 Å². The van der Waals surface area contributed by atoms with Crippen molar-refractivity contribution in [3.63, 3.8) is 0 Å². The zero-order valence-electron chi connectivity index (χ0n) is 17.5. The van der Waals surface area contributed by atoms with Gasteiger partial charge in [0.05, 0.1) is 11.0 Å². The molecule has 2 amide bonds. The van der Waals surface area contributed by atoms with Crippen molar-refractivity contribution in [3.8, 4) is 0 Å². The number of para-hydroxylation sites is 2. The van der Waals surface area contributed by atoms with Crippen molar-refractivity contribution in [2.24, 2.45) is 5.92 Å². The maximum Gasteiger partial charge on any atom is 0.449 e. The minimum Gasteiger partial charge on any atom is -0.325 e. The molecule has 0 aliphatic carbocycles. The molecule has 2 heterocycles. The number of likely N-dealkylation sites (tertiary alicyclic amines) is 1. The zero-order chi connectivity index (χ0) is 22.2. The molecule has 164 valence electrons. The third-order valence-electron chi connectivity index (χ3n) is 6.01. The average molecular weight is 430 g/mol. The molecule has 8 heteroatoms. The molecule has 2 aromatic carbocycles. The van der Waals surface area contributed by atoms with Crippen molar-refractivity contribution in [1.82, 2.24) is 14.5 Å². The lowest BCUT2D eigenvalue weighted by molar-refractivity contribution is -0.147. The van der Waals surface area contributed by atoms with Crippen molar-refractivity contribution in [1.29, 1.82) is 0 Å². The second-order valence-electron chi connectivity index (χ2n) is 8.19. The van der Waals surface area contributed by atoms with Gasteiger partial charge in [-0.2, -0.15) is 13.2 Å². The SMILES string of the molecule is Cc1ccc(NC(=O)N2CCC(Cn3c(C(F)(F)F)nc4ccccc43)CC2)cc1C. The van der Waals surface area contributed by atoms with Crippen LogP contribution in [0.2, 0.25) is 0 Å². The van der Waals surface area contributed by atoms with Crippen molar-refractivity contribution < 1.29 is 18.0 Å². The van der Waals surface area contributed by atoms with Crippen LogP contribution in [0.4, 0.5) is 23.7 Å². The molecule has 0 saturated carbocycles. The molecule has 4 rings (SSSR count). The summed E-state index contributed by atoms with van der Waals surface area (Å²) in [6.07, 6.45) is -3.22. The number of rotatable bonds is 3. The Morgan fingerprint density at radius 2 is 1.81 bits per heavy atom. The van der Waals surface area contributed by atoms with Gasteiger partial charge in [0, 0.05) is 25.3 Å². The number of piperidine rings is 1. The van der Waals surface area contributed by atoms with E-state index in [1.807, 2.05) is 32.0 Å². The summed E-state index contributed by atoms with van der Waals surface area (Å²) in [4.78, 5) is 18.1. The summed E-state index contributed by atoms with van der Waals surface area (Å²) in [5.74, 6) is -0.812. The number of halogens is 3. The highest BCUT2D eigenvalue weighted by atomic mass is 19.4. The standard InChI is InChI=1S/C23H25F3N4O/c1-15-7-8-18(13-16(15)2)27-22(31)29-11-9-17(10-12-29)14-30-20-6-4-3-5-19(20)28-21(30)23(24,25)26/h3-8,13,17H,9-12,14H2,1-2H3,(H,27,31). The van der Waals surface area contributed by atoms with Crippen LogP contribution in [0.3, 0.4) is 0 Å². The highest BCUT2D eigenvalue weighted by Crippen LogP contribution is 2.33. The maximum atomic E-state index is 13.5. The van der Waals surface area contributed by atoms with Gasteiger partial charge >= 0.3 is 12.2 Å². The van der Waals surface area contributed by atoms with E-state index in [1.165, 1.54) is 4.57 Å². The van der Waals surface area contributed by atoms with Crippen LogP contribution in [0.15, 0.2) is 42.5 Å². The molecule has 5 nitrogen and oxygen atoms in total. The van der Waals surface area contributed by atoms with E-state index >= 15 is 0 Å². The fourth-order valence-electron chi connectivity index (χ4n) is 4.08. The number of nitrogens with one attached hydrogen (secondary N) is 1. The second kappa shape index (κ2) is 8.24. The Morgan fingerprint density at radius 3 is 2.48 bits per heavy atom. The van der Waals surface area contributed by atoms with Crippen LogP contribution in [0.5, 0.6) is 0 Å². The number of fused-ring (bicyclic) bond motifs is 1. The fourth-order valence-corrected chi connectivity index (χ4v) is 4.08. The number of urea groups is 1. The van der Waals surface area contributed by atoms with E-state index in [-0.39, 0.29) is 18.5 Å². The molecule has 1 aliphatic heterocycles. The van der Waals surface area contributed by atoms with E-state index < -0.39 is 12.0 Å². The predicted molar refractivity (Wildman–Crippen MR) is 114 cm³/mol. The van der Waals surface area contributed by atoms with Crippen LogP contribution in [0.25, 0.3) is 11.0 Å². The summed E-state index contributed by atoms with van der Waals surface area (Å²) in [5, 5.41) is 2.92. The Labute approximate surface area is 178 Å². The van der Waals surface area contributed by atoms with E-state index in [0.717, 1.165) is 16.8 Å². The van der Waals surface area contributed by atoms with E-state index in [0.29, 0.717) is 37.0 Å². The number of benzene rings is 2. The molecule has 0 unspecified atom stereocenters. The van der Waals surface area contributed by atoms with E-state index in [1.54, 1.807) is 29.2 Å². The minimum atomic E-state index is -4.51. The number of imidazole rings is 1. The Kier molecular flexibility index (Phi) is 5.64. The second-order valence-corrected chi connectivity index (χ2v) is 8.19. The largest absolute Gasteiger partial charge is 0.449 e. The van der Waals surface area contributed by atoms with Crippen LogP contribution in [0.1, 0.15) is 29.8 Å². The first-order valence-corrected chi connectivity index (χ1v) is 10.4. The summed E-state index contributed by atoms with van der Waals surface area (Å²) >= 11 is 0.